The largest absolute Gasteiger partial charge is 0.382 e. The number of H-pyrrole nitrogens is 1. The smallest absolute Gasteiger partial charge is 0.150 e. The van der Waals surface area contributed by atoms with Crippen molar-refractivity contribution in [1.29, 1.82) is 0 Å². The number of rotatable bonds is 2. The predicted molar refractivity (Wildman–Crippen MR) is 106 cm³/mol. The number of hydrogen-bond acceptors (Lipinski definition) is 3. The molecule has 5 nitrogen and oxygen atoms in total. The standard InChI is InChI=1S/C20H20ClN5/c21-14-8-4-7-13-11-15(24-16(13)14)17-18-19(22)23-9-10-26(18)20(25-17)12-5-2-1-3-6-12/h4,7-12,24H,1-3,5-6H2,(H2,22,23). The maximum atomic E-state index is 6.34. The summed E-state index contributed by atoms with van der Waals surface area (Å²) in [7, 11) is 0. The molecule has 1 fully saturated rings. The topological polar surface area (TPSA) is 72.0 Å². The fraction of sp³-hybridized carbons (Fsp3) is 0.300. The minimum atomic E-state index is 0.472. The van der Waals surface area contributed by atoms with Crippen LogP contribution in [0.3, 0.4) is 0 Å². The van der Waals surface area contributed by atoms with E-state index in [1.165, 1.54) is 32.1 Å². The van der Waals surface area contributed by atoms with Crippen molar-refractivity contribution in [3.05, 3.63) is 47.5 Å². The van der Waals surface area contributed by atoms with Gasteiger partial charge in [0.15, 0.2) is 0 Å². The highest BCUT2D eigenvalue weighted by Crippen LogP contribution is 2.37. The van der Waals surface area contributed by atoms with Crippen LogP contribution in [0.25, 0.3) is 27.8 Å². The highest BCUT2D eigenvalue weighted by molar-refractivity contribution is 6.35. The molecule has 0 saturated heterocycles. The predicted octanol–water partition coefficient (Wildman–Crippen LogP) is 5.16. The van der Waals surface area contributed by atoms with E-state index in [9.17, 15) is 0 Å². The van der Waals surface area contributed by atoms with Gasteiger partial charge in [0.05, 0.1) is 16.2 Å². The zero-order valence-corrected chi connectivity index (χ0v) is 15.1. The number of aromatic nitrogens is 4. The van der Waals surface area contributed by atoms with E-state index in [4.69, 9.17) is 22.3 Å². The lowest BCUT2D eigenvalue weighted by Crippen LogP contribution is -2.09. The monoisotopic (exact) mass is 365 g/mol. The summed E-state index contributed by atoms with van der Waals surface area (Å²) in [4.78, 5) is 12.8. The van der Waals surface area contributed by atoms with E-state index in [2.05, 4.69) is 20.4 Å². The van der Waals surface area contributed by atoms with E-state index in [-0.39, 0.29) is 0 Å². The van der Waals surface area contributed by atoms with Gasteiger partial charge < -0.3 is 10.7 Å². The first-order valence-corrected chi connectivity index (χ1v) is 9.50. The second-order valence-corrected chi connectivity index (χ2v) is 7.48. The lowest BCUT2D eigenvalue weighted by Gasteiger charge is -2.20. The number of imidazole rings is 1. The molecule has 0 amide bonds. The third kappa shape index (κ3) is 2.38. The Bertz CT molecular complexity index is 1100. The number of nitrogen functional groups attached to an aromatic ring is 1. The maximum absolute atomic E-state index is 6.34. The molecule has 0 radical (unpaired) electrons. The van der Waals surface area contributed by atoms with Crippen LogP contribution < -0.4 is 5.73 Å². The average molecular weight is 366 g/mol. The second-order valence-electron chi connectivity index (χ2n) is 7.07. The van der Waals surface area contributed by atoms with Crippen molar-refractivity contribution in [2.24, 2.45) is 0 Å². The number of halogens is 1. The van der Waals surface area contributed by atoms with Gasteiger partial charge in [0, 0.05) is 23.7 Å². The number of nitrogens with two attached hydrogens (primary N) is 1. The first-order chi connectivity index (χ1) is 12.7. The minimum Gasteiger partial charge on any atom is -0.382 e. The van der Waals surface area contributed by atoms with E-state index in [1.54, 1.807) is 6.20 Å². The van der Waals surface area contributed by atoms with E-state index in [1.807, 2.05) is 24.4 Å². The van der Waals surface area contributed by atoms with Crippen molar-refractivity contribution >= 4 is 33.8 Å². The van der Waals surface area contributed by atoms with Crippen LogP contribution in [0.2, 0.25) is 5.02 Å². The lowest BCUT2D eigenvalue weighted by atomic mass is 9.89. The quantitative estimate of drug-likeness (QED) is 0.515. The molecular weight excluding hydrogens is 346 g/mol. The van der Waals surface area contributed by atoms with Crippen molar-refractivity contribution in [2.75, 3.05) is 5.73 Å². The Balaban J connectivity index is 1.75. The van der Waals surface area contributed by atoms with Crippen molar-refractivity contribution in [3.63, 3.8) is 0 Å². The van der Waals surface area contributed by atoms with Crippen molar-refractivity contribution < 1.29 is 0 Å². The summed E-state index contributed by atoms with van der Waals surface area (Å²) in [6.07, 6.45) is 9.93. The summed E-state index contributed by atoms with van der Waals surface area (Å²) >= 11 is 6.34. The van der Waals surface area contributed by atoms with Gasteiger partial charge in [-0.05, 0) is 25.0 Å². The Labute approximate surface area is 156 Å². The van der Waals surface area contributed by atoms with E-state index in [0.29, 0.717) is 16.8 Å². The molecule has 0 bridgehead atoms. The fourth-order valence-corrected chi connectivity index (χ4v) is 4.40. The van der Waals surface area contributed by atoms with Crippen LogP contribution in [0.15, 0.2) is 36.7 Å². The lowest BCUT2D eigenvalue weighted by molar-refractivity contribution is 0.428. The van der Waals surface area contributed by atoms with Gasteiger partial charge in [-0.1, -0.05) is 43.0 Å². The molecule has 6 heteroatoms. The minimum absolute atomic E-state index is 0.472. The molecular formula is C20H20ClN5. The summed E-state index contributed by atoms with van der Waals surface area (Å²) in [5, 5.41) is 1.77. The van der Waals surface area contributed by atoms with Gasteiger partial charge in [-0.25, -0.2) is 9.97 Å². The molecule has 3 aromatic heterocycles. The van der Waals surface area contributed by atoms with Crippen molar-refractivity contribution in [3.8, 4) is 11.4 Å². The molecule has 4 aromatic rings. The Hall–Kier alpha value is -2.53. The van der Waals surface area contributed by atoms with Crippen LogP contribution in [0, 0.1) is 0 Å². The van der Waals surface area contributed by atoms with Gasteiger partial charge in [0.2, 0.25) is 0 Å². The molecule has 0 atom stereocenters. The summed E-state index contributed by atoms with van der Waals surface area (Å²) in [5.41, 5.74) is 9.82. The van der Waals surface area contributed by atoms with Crippen LogP contribution in [0.5, 0.6) is 0 Å². The number of anilines is 1. The van der Waals surface area contributed by atoms with Gasteiger partial charge in [-0.2, -0.15) is 0 Å². The van der Waals surface area contributed by atoms with Crippen LogP contribution in [-0.4, -0.2) is 19.4 Å². The molecule has 132 valence electrons. The Morgan fingerprint density at radius 3 is 2.85 bits per heavy atom. The summed E-state index contributed by atoms with van der Waals surface area (Å²) in [6, 6.07) is 7.97. The molecule has 3 N–H and O–H groups in total. The average Bonchev–Trinajstić information content (AvgIpc) is 3.25. The van der Waals surface area contributed by atoms with Crippen LogP contribution in [-0.2, 0) is 0 Å². The maximum Gasteiger partial charge on any atom is 0.150 e. The SMILES string of the molecule is Nc1nccn2c(C3CCCCC3)nc(-c3cc4cccc(Cl)c4[nH]3)c12. The number of para-hydroxylation sites is 1. The van der Waals surface area contributed by atoms with E-state index < -0.39 is 0 Å². The summed E-state index contributed by atoms with van der Waals surface area (Å²) in [6.45, 7) is 0. The summed E-state index contributed by atoms with van der Waals surface area (Å²) in [5.74, 6) is 2.06. The number of hydrogen-bond donors (Lipinski definition) is 2. The number of fused-ring (bicyclic) bond motifs is 2. The fourth-order valence-electron chi connectivity index (χ4n) is 4.17. The molecule has 1 aliphatic rings. The van der Waals surface area contributed by atoms with Crippen LogP contribution in [0.1, 0.15) is 43.8 Å². The van der Waals surface area contributed by atoms with Gasteiger partial charge in [0.25, 0.3) is 0 Å². The number of nitrogens with one attached hydrogen (secondary N) is 1. The van der Waals surface area contributed by atoms with Gasteiger partial charge in [-0.15, -0.1) is 0 Å². The third-order valence-corrected chi connectivity index (χ3v) is 5.76. The molecule has 1 saturated carbocycles. The van der Waals surface area contributed by atoms with E-state index >= 15 is 0 Å². The number of benzene rings is 1. The highest BCUT2D eigenvalue weighted by Gasteiger charge is 2.24. The molecule has 1 aromatic carbocycles. The van der Waals surface area contributed by atoms with Gasteiger partial charge >= 0.3 is 0 Å². The normalized spacial score (nSPS) is 15.9. The van der Waals surface area contributed by atoms with E-state index in [0.717, 1.165) is 33.6 Å². The second kappa shape index (κ2) is 6.02. The van der Waals surface area contributed by atoms with Crippen LogP contribution in [0.4, 0.5) is 5.82 Å². The zero-order chi connectivity index (χ0) is 17.7. The summed E-state index contributed by atoms with van der Waals surface area (Å²) < 4.78 is 2.13. The van der Waals surface area contributed by atoms with Gasteiger partial charge in [-0.3, -0.25) is 4.40 Å². The van der Waals surface area contributed by atoms with Crippen molar-refractivity contribution in [2.45, 2.75) is 38.0 Å². The first-order valence-electron chi connectivity index (χ1n) is 9.12. The molecule has 0 spiro atoms. The van der Waals surface area contributed by atoms with Gasteiger partial charge in [0.1, 0.15) is 22.9 Å². The highest BCUT2D eigenvalue weighted by atomic mass is 35.5. The zero-order valence-electron chi connectivity index (χ0n) is 14.4. The molecule has 3 heterocycles. The third-order valence-electron chi connectivity index (χ3n) is 5.44. The number of aromatic amines is 1. The molecule has 0 unspecified atom stereocenters. The van der Waals surface area contributed by atoms with Crippen LogP contribution >= 0.6 is 11.6 Å². The Morgan fingerprint density at radius 2 is 2.04 bits per heavy atom. The van der Waals surface area contributed by atoms with Crippen molar-refractivity contribution in [1.82, 2.24) is 19.4 Å². The molecule has 5 rings (SSSR count). The Morgan fingerprint density at radius 1 is 1.19 bits per heavy atom. The Kier molecular flexibility index (Phi) is 3.64. The first kappa shape index (κ1) is 15.7. The molecule has 26 heavy (non-hydrogen) atoms. The molecule has 1 aliphatic carbocycles. The number of nitrogens with zero attached hydrogens (tertiary/aromatic N) is 3. The molecule has 0 aliphatic heterocycles.